The third-order valence-electron chi connectivity index (χ3n) is 5.98. The largest absolute Gasteiger partial charge is 0.463 e. The first-order chi connectivity index (χ1) is 14.0. The molecule has 0 aliphatic carbocycles. The monoisotopic (exact) mass is 404 g/mol. The van der Waals surface area contributed by atoms with Crippen LogP contribution in [-0.4, -0.2) is 50.2 Å². The van der Waals surface area contributed by atoms with Crippen molar-refractivity contribution >= 4 is 17.0 Å². The number of unbranched alkanes of at least 4 members (excludes halogenated alkanes) is 2. The summed E-state index contributed by atoms with van der Waals surface area (Å²) < 4.78 is 7.26. The molecule has 8 heteroatoms. The van der Waals surface area contributed by atoms with Gasteiger partial charge in [0.15, 0.2) is 11.5 Å². The van der Waals surface area contributed by atoms with Crippen LogP contribution in [0, 0.1) is 5.92 Å². The molecule has 29 heavy (non-hydrogen) atoms. The van der Waals surface area contributed by atoms with Crippen LogP contribution in [0.25, 0.3) is 11.2 Å². The highest BCUT2D eigenvalue weighted by atomic mass is 16.5. The zero-order valence-electron chi connectivity index (χ0n) is 18.1. The van der Waals surface area contributed by atoms with E-state index in [9.17, 15) is 4.79 Å². The van der Waals surface area contributed by atoms with E-state index in [1.54, 1.807) is 4.57 Å². The first-order valence-electron chi connectivity index (χ1n) is 11.1. The minimum absolute atomic E-state index is 0.183. The summed E-state index contributed by atoms with van der Waals surface area (Å²) in [6.07, 6.45) is 7.83. The van der Waals surface area contributed by atoms with Crippen LogP contribution in [0.2, 0.25) is 0 Å². The molecule has 0 unspecified atom stereocenters. The Morgan fingerprint density at radius 1 is 1.21 bits per heavy atom. The Bertz CT molecular complexity index is 836. The van der Waals surface area contributed by atoms with Crippen LogP contribution in [0.5, 0.6) is 6.01 Å². The van der Waals surface area contributed by atoms with Gasteiger partial charge in [-0.25, -0.2) is 4.79 Å². The number of aromatic amines is 1. The molecule has 0 radical (unpaired) electrons. The SMILES string of the molecule is CCCCOc1nc(N)c2[nH]c(=O)n(CCCCC3CCN(C(C)C)CC3)c2n1. The van der Waals surface area contributed by atoms with Crippen molar-refractivity contribution in [2.24, 2.45) is 5.92 Å². The zero-order valence-corrected chi connectivity index (χ0v) is 18.1. The number of rotatable bonds is 10. The highest BCUT2D eigenvalue weighted by molar-refractivity contribution is 5.81. The summed E-state index contributed by atoms with van der Waals surface area (Å²) in [5, 5.41) is 0. The third kappa shape index (κ3) is 5.50. The number of likely N-dealkylation sites (tertiary alicyclic amines) is 1. The van der Waals surface area contributed by atoms with E-state index >= 15 is 0 Å². The Morgan fingerprint density at radius 3 is 2.66 bits per heavy atom. The van der Waals surface area contributed by atoms with Crippen molar-refractivity contribution in [3.63, 3.8) is 0 Å². The summed E-state index contributed by atoms with van der Waals surface area (Å²) in [6, 6.07) is 0.892. The zero-order chi connectivity index (χ0) is 20.8. The number of hydrogen-bond acceptors (Lipinski definition) is 6. The topological polar surface area (TPSA) is 102 Å². The van der Waals surface area contributed by atoms with Crippen LogP contribution >= 0.6 is 0 Å². The molecule has 3 heterocycles. The average molecular weight is 405 g/mol. The van der Waals surface area contributed by atoms with E-state index in [-0.39, 0.29) is 17.5 Å². The summed E-state index contributed by atoms with van der Waals surface area (Å²) in [4.78, 5) is 26.3. The van der Waals surface area contributed by atoms with Gasteiger partial charge in [-0.3, -0.25) is 4.57 Å². The first-order valence-corrected chi connectivity index (χ1v) is 11.1. The molecule has 0 amide bonds. The smallest absolute Gasteiger partial charge is 0.327 e. The van der Waals surface area contributed by atoms with E-state index in [4.69, 9.17) is 10.5 Å². The molecule has 1 aliphatic heterocycles. The predicted octanol–water partition coefficient (Wildman–Crippen LogP) is 3.17. The minimum atomic E-state index is -0.183. The molecular formula is C21H36N6O2. The Morgan fingerprint density at radius 2 is 1.97 bits per heavy atom. The van der Waals surface area contributed by atoms with E-state index in [0.29, 0.717) is 30.4 Å². The Kier molecular flexibility index (Phi) is 7.52. The molecule has 1 aliphatic rings. The molecule has 8 nitrogen and oxygen atoms in total. The number of nitrogens with zero attached hydrogens (tertiary/aromatic N) is 4. The molecule has 162 valence electrons. The fraction of sp³-hybridized carbons (Fsp3) is 0.762. The number of H-pyrrole nitrogens is 1. The number of anilines is 1. The molecule has 2 aromatic heterocycles. The number of nitrogen functional groups attached to an aromatic ring is 1. The number of imidazole rings is 1. The molecule has 0 bridgehead atoms. The van der Waals surface area contributed by atoms with Gasteiger partial charge in [0.1, 0.15) is 5.52 Å². The van der Waals surface area contributed by atoms with Gasteiger partial charge in [0.25, 0.3) is 0 Å². The van der Waals surface area contributed by atoms with Gasteiger partial charge in [-0.15, -0.1) is 0 Å². The second-order valence-electron chi connectivity index (χ2n) is 8.44. The number of piperidine rings is 1. The molecule has 3 N–H and O–H groups in total. The highest BCUT2D eigenvalue weighted by Gasteiger charge is 2.20. The predicted molar refractivity (Wildman–Crippen MR) is 116 cm³/mol. The van der Waals surface area contributed by atoms with Crippen molar-refractivity contribution in [3.8, 4) is 6.01 Å². The van der Waals surface area contributed by atoms with Gasteiger partial charge in [-0.05, 0) is 58.5 Å². The van der Waals surface area contributed by atoms with Crippen molar-refractivity contribution < 1.29 is 4.74 Å². The average Bonchev–Trinajstić information content (AvgIpc) is 3.02. The van der Waals surface area contributed by atoms with Crippen LogP contribution in [-0.2, 0) is 6.54 Å². The fourth-order valence-corrected chi connectivity index (χ4v) is 4.07. The Hall–Kier alpha value is -2.09. The van der Waals surface area contributed by atoms with Gasteiger partial charge in [-0.2, -0.15) is 9.97 Å². The number of nitrogens with two attached hydrogens (primary N) is 1. The molecule has 3 rings (SSSR count). The van der Waals surface area contributed by atoms with Gasteiger partial charge in [0.05, 0.1) is 6.61 Å². The summed E-state index contributed by atoms with van der Waals surface area (Å²) in [6.45, 7) is 10.2. The van der Waals surface area contributed by atoms with Crippen molar-refractivity contribution in [2.75, 3.05) is 25.4 Å². The number of aryl methyl sites for hydroxylation is 1. The van der Waals surface area contributed by atoms with Gasteiger partial charge in [-0.1, -0.05) is 26.2 Å². The normalized spacial score (nSPS) is 16.1. The summed E-state index contributed by atoms with van der Waals surface area (Å²) in [5.74, 6) is 1.07. The standard InChI is InChI=1S/C21H36N6O2/c1-4-5-14-29-20-24-18(22)17-19(25-20)27(21(28)23-17)11-7-6-8-16-9-12-26(13-10-16)15(2)3/h15-16H,4-14H2,1-3H3,(H,23,28)(H2,22,24,25). The quantitative estimate of drug-likeness (QED) is 0.590. The van der Waals surface area contributed by atoms with Crippen molar-refractivity contribution in [2.45, 2.75) is 78.3 Å². The second-order valence-corrected chi connectivity index (χ2v) is 8.44. The van der Waals surface area contributed by atoms with E-state index in [2.05, 4.69) is 40.6 Å². The van der Waals surface area contributed by atoms with Crippen molar-refractivity contribution in [1.29, 1.82) is 0 Å². The van der Waals surface area contributed by atoms with Crippen LogP contribution < -0.4 is 16.2 Å². The Balaban J connectivity index is 1.55. The van der Waals surface area contributed by atoms with Crippen molar-refractivity contribution in [1.82, 2.24) is 24.4 Å². The summed E-state index contributed by atoms with van der Waals surface area (Å²) >= 11 is 0. The maximum Gasteiger partial charge on any atom is 0.327 e. The lowest BCUT2D eigenvalue weighted by Gasteiger charge is -2.34. The van der Waals surface area contributed by atoms with E-state index in [1.807, 2.05) is 0 Å². The minimum Gasteiger partial charge on any atom is -0.463 e. The molecule has 0 spiro atoms. The molecule has 0 atom stereocenters. The van der Waals surface area contributed by atoms with Gasteiger partial charge >= 0.3 is 11.7 Å². The maximum absolute atomic E-state index is 12.4. The lowest BCUT2D eigenvalue weighted by molar-refractivity contribution is 0.144. The molecular weight excluding hydrogens is 368 g/mol. The lowest BCUT2D eigenvalue weighted by atomic mass is 9.91. The number of fused-ring (bicyclic) bond motifs is 1. The van der Waals surface area contributed by atoms with E-state index in [1.165, 1.54) is 32.4 Å². The van der Waals surface area contributed by atoms with E-state index < -0.39 is 0 Å². The number of aromatic nitrogens is 4. The second kappa shape index (κ2) is 10.1. The fourth-order valence-electron chi connectivity index (χ4n) is 4.07. The molecule has 1 fully saturated rings. The number of hydrogen-bond donors (Lipinski definition) is 2. The molecule has 2 aromatic rings. The summed E-state index contributed by atoms with van der Waals surface area (Å²) in [7, 11) is 0. The maximum atomic E-state index is 12.4. The van der Waals surface area contributed by atoms with Gasteiger partial charge in [0, 0.05) is 12.6 Å². The van der Waals surface area contributed by atoms with Crippen LogP contribution in [0.1, 0.15) is 65.7 Å². The van der Waals surface area contributed by atoms with Gasteiger partial charge in [0.2, 0.25) is 0 Å². The number of nitrogens with one attached hydrogen (secondary N) is 1. The van der Waals surface area contributed by atoms with Crippen molar-refractivity contribution in [3.05, 3.63) is 10.5 Å². The molecule has 0 aromatic carbocycles. The molecule has 0 saturated carbocycles. The van der Waals surface area contributed by atoms with Crippen LogP contribution in [0.4, 0.5) is 5.82 Å². The van der Waals surface area contributed by atoms with Gasteiger partial charge < -0.3 is 20.4 Å². The Labute approximate surface area is 172 Å². The third-order valence-corrected chi connectivity index (χ3v) is 5.98. The van der Waals surface area contributed by atoms with E-state index in [0.717, 1.165) is 31.6 Å². The molecule has 1 saturated heterocycles. The highest BCUT2D eigenvalue weighted by Crippen LogP contribution is 2.24. The lowest BCUT2D eigenvalue weighted by Crippen LogP contribution is -2.38. The summed E-state index contributed by atoms with van der Waals surface area (Å²) in [5.41, 5.74) is 6.87. The van der Waals surface area contributed by atoms with Crippen LogP contribution in [0.15, 0.2) is 4.79 Å². The van der Waals surface area contributed by atoms with Crippen LogP contribution in [0.3, 0.4) is 0 Å². The number of ether oxygens (including phenoxy) is 1. The first kappa shape index (κ1) is 21.6.